The van der Waals surface area contributed by atoms with Gasteiger partial charge in [-0.3, -0.25) is 4.79 Å². The number of hydrogen-bond donors (Lipinski definition) is 1. The molecular formula is C17H19ClN2O4. The summed E-state index contributed by atoms with van der Waals surface area (Å²) in [5.41, 5.74) is 3.13. The molecule has 0 aliphatic rings. The fourth-order valence-electron chi connectivity index (χ4n) is 2.37. The maximum atomic E-state index is 12.1. The summed E-state index contributed by atoms with van der Waals surface area (Å²) in [6, 6.07) is 3.66. The minimum absolute atomic E-state index is 0.273. The van der Waals surface area contributed by atoms with E-state index in [9.17, 15) is 9.59 Å². The molecule has 0 bridgehead atoms. The Morgan fingerprint density at radius 3 is 2.62 bits per heavy atom. The number of ether oxygens (including phenoxy) is 1. The second-order valence-electron chi connectivity index (χ2n) is 5.48. The molecule has 0 spiro atoms. The molecule has 0 radical (unpaired) electrons. The molecule has 7 heteroatoms. The van der Waals surface area contributed by atoms with Crippen LogP contribution in [0.3, 0.4) is 0 Å². The summed E-state index contributed by atoms with van der Waals surface area (Å²) in [4.78, 5) is 24.1. The van der Waals surface area contributed by atoms with Crippen molar-refractivity contribution < 1.29 is 18.8 Å². The van der Waals surface area contributed by atoms with Crippen LogP contribution in [0.15, 0.2) is 16.7 Å². The average molecular weight is 351 g/mol. The smallest absolute Gasteiger partial charge is 0.344 e. The van der Waals surface area contributed by atoms with Crippen LogP contribution in [0.2, 0.25) is 5.02 Å². The van der Waals surface area contributed by atoms with Gasteiger partial charge in [0.05, 0.1) is 16.4 Å². The monoisotopic (exact) mass is 350 g/mol. The molecular weight excluding hydrogens is 332 g/mol. The van der Waals surface area contributed by atoms with Gasteiger partial charge in [-0.05, 0) is 44.4 Å². The standard InChI is InChI=1S/C17H19ClN2O4/c1-5-13-15(11(4)24-20-13)17(22)23-8-14(21)19-16-10(3)6-9(2)7-12(16)18/h6-7H,5,8H2,1-4H3,(H,19,21). The summed E-state index contributed by atoms with van der Waals surface area (Å²) in [5, 5.41) is 6.89. The second-order valence-corrected chi connectivity index (χ2v) is 5.88. The lowest BCUT2D eigenvalue weighted by atomic mass is 10.1. The van der Waals surface area contributed by atoms with Crippen molar-refractivity contribution in [3.8, 4) is 0 Å². The lowest BCUT2D eigenvalue weighted by molar-refractivity contribution is -0.119. The first kappa shape index (κ1) is 18.0. The Morgan fingerprint density at radius 1 is 1.29 bits per heavy atom. The molecule has 1 aromatic carbocycles. The van der Waals surface area contributed by atoms with Gasteiger partial charge in [-0.1, -0.05) is 29.7 Å². The Labute approximate surface area is 145 Å². The normalized spacial score (nSPS) is 10.5. The number of anilines is 1. The third-order valence-electron chi connectivity index (χ3n) is 3.50. The van der Waals surface area contributed by atoms with E-state index < -0.39 is 18.5 Å². The number of carbonyl (C=O) groups is 2. The number of benzene rings is 1. The van der Waals surface area contributed by atoms with Crippen LogP contribution in [0.5, 0.6) is 0 Å². The summed E-state index contributed by atoms with van der Waals surface area (Å²) in [6.07, 6.45) is 0.534. The molecule has 0 unspecified atom stereocenters. The van der Waals surface area contributed by atoms with E-state index in [2.05, 4.69) is 10.5 Å². The van der Waals surface area contributed by atoms with Crippen molar-refractivity contribution in [2.75, 3.05) is 11.9 Å². The van der Waals surface area contributed by atoms with E-state index in [1.54, 1.807) is 13.0 Å². The van der Waals surface area contributed by atoms with E-state index in [1.807, 2.05) is 26.8 Å². The van der Waals surface area contributed by atoms with Crippen LogP contribution in [-0.2, 0) is 16.0 Å². The van der Waals surface area contributed by atoms with Gasteiger partial charge in [-0.2, -0.15) is 0 Å². The highest BCUT2D eigenvalue weighted by atomic mass is 35.5. The molecule has 6 nitrogen and oxygen atoms in total. The molecule has 2 rings (SSSR count). The summed E-state index contributed by atoms with van der Waals surface area (Å²) in [7, 11) is 0. The molecule has 128 valence electrons. The quantitative estimate of drug-likeness (QED) is 0.833. The first-order chi connectivity index (χ1) is 11.3. The molecule has 0 atom stereocenters. The van der Waals surface area contributed by atoms with Crippen molar-refractivity contribution in [2.24, 2.45) is 0 Å². The first-order valence-electron chi connectivity index (χ1n) is 7.52. The Hall–Kier alpha value is -2.34. The van der Waals surface area contributed by atoms with E-state index in [0.29, 0.717) is 28.6 Å². The summed E-state index contributed by atoms with van der Waals surface area (Å²) >= 11 is 6.14. The maximum Gasteiger partial charge on any atom is 0.344 e. The van der Waals surface area contributed by atoms with Crippen LogP contribution in [0, 0.1) is 20.8 Å². The molecule has 0 saturated carbocycles. The zero-order chi connectivity index (χ0) is 17.9. The van der Waals surface area contributed by atoms with Crippen molar-refractivity contribution in [3.63, 3.8) is 0 Å². The zero-order valence-corrected chi connectivity index (χ0v) is 14.8. The largest absolute Gasteiger partial charge is 0.452 e. The Kier molecular flexibility index (Phi) is 5.62. The molecule has 1 aromatic heterocycles. The van der Waals surface area contributed by atoms with Crippen LogP contribution in [0.25, 0.3) is 0 Å². The number of nitrogens with one attached hydrogen (secondary N) is 1. The van der Waals surface area contributed by atoms with E-state index in [1.165, 1.54) is 0 Å². The van der Waals surface area contributed by atoms with Crippen LogP contribution in [0.1, 0.15) is 39.9 Å². The van der Waals surface area contributed by atoms with Gasteiger partial charge < -0.3 is 14.6 Å². The number of rotatable bonds is 5. The lowest BCUT2D eigenvalue weighted by Gasteiger charge is -2.11. The van der Waals surface area contributed by atoms with E-state index in [4.69, 9.17) is 20.9 Å². The first-order valence-corrected chi connectivity index (χ1v) is 7.90. The van der Waals surface area contributed by atoms with Gasteiger partial charge in [0.25, 0.3) is 5.91 Å². The predicted octanol–water partition coefficient (Wildman–Crippen LogP) is 3.61. The number of aryl methyl sites for hydroxylation is 4. The minimum atomic E-state index is -0.632. The predicted molar refractivity (Wildman–Crippen MR) is 90.5 cm³/mol. The number of nitrogens with zero attached hydrogens (tertiary/aromatic N) is 1. The molecule has 1 amide bonds. The van der Waals surface area contributed by atoms with Crippen molar-refractivity contribution >= 4 is 29.2 Å². The molecule has 1 heterocycles. The van der Waals surface area contributed by atoms with E-state index >= 15 is 0 Å². The van der Waals surface area contributed by atoms with Gasteiger partial charge >= 0.3 is 5.97 Å². The van der Waals surface area contributed by atoms with Crippen LogP contribution >= 0.6 is 11.6 Å². The molecule has 0 saturated heterocycles. The van der Waals surface area contributed by atoms with Crippen molar-refractivity contribution in [1.82, 2.24) is 5.16 Å². The average Bonchev–Trinajstić information content (AvgIpc) is 2.89. The zero-order valence-electron chi connectivity index (χ0n) is 14.0. The number of aromatic nitrogens is 1. The number of esters is 1. The highest BCUT2D eigenvalue weighted by Crippen LogP contribution is 2.27. The van der Waals surface area contributed by atoms with Gasteiger partial charge in [0.1, 0.15) is 11.3 Å². The minimum Gasteiger partial charge on any atom is -0.452 e. The second kappa shape index (κ2) is 7.49. The molecule has 0 aliphatic heterocycles. The molecule has 2 aromatic rings. The van der Waals surface area contributed by atoms with E-state index in [0.717, 1.165) is 11.1 Å². The number of amides is 1. The Bertz CT molecular complexity index is 760. The summed E-state index contributed by atoms with van der Waals surface area (Å²) < 4.78 is 10.0. The highest BCUT2D eigenvalue weighted by molar-refractivity contribution is 6.34. The maximum absolute atomic E-state index is 12.1. The molecule has 1 N–H and O–H groups in total. The number of carbonyl (C=O) groups excluding carboxylic acids is 2. The number of halogens is 1. The van der Waals surface area contributed by atoms with Crippen LogP contribution in [0.4, 0.5) is 5.69 Å². The summed E-state index contributed by atoms with van der Waals surface area (Å²) in [5.74, 6) is -0.730. The van der Waals surface area contributed by atoms with Crippen molar-refractivity contribution in [2.45, 2.75) is 34.1 Å². The van der Waals surface area contributed by atoms with Gasteiger partial charge in [0.15, 0.2) is 6.61 Å². The van der Waals surface area contributed by atoms with Gasteiger partial charge in [-0.25, -0.2) is 4.79 Å². The SMILES string of the molecule is CCc1noc(C)c1C(=O)OCC(=O)Nc1c(C)cc(C)cc1Cl. The van der Waals surface area contributed by atoms with Crippen LogP contribution < -0.4 is 5.32 Å². The van der Waals surface area contributed by atoms with Crippen molar-refractivity contribution in [3.05, 3.63) is 45.3 Å². The fraction of sp³-hybridized carbons (Fsp3) is 0.353. The molecule has 0 fully saturated rings. The molecule has 0 aliphatic carbocycles. The van der Waals surface area contributed by atoms with Gasteiger partial charge in [0, 0.05) is 0 Å². The highest BCUT2D eigenvalue weighted by Gasteiger charge is 2.21. The Balaban J connectivity index is 2.01. The van der Waals surface area contributed by atoms with Gasteiger partial charge in [0.2, 0.25) is 0 Å². The Morgan fingerprint density at radius 2 is 2.00 bits per heavy atom. The van der Waals surface area contributed by atoms with Crippen molar-refractivity contribution in [1.29, 1.82) is 0 Å². The number of hydrogen-bond acceptors (Lipinski definition) is 5. The third-order valence-corrected chi connectivity index (χ3v) is 3.80. The van der Waals surface area contributed by atoms with Crippen LogP contribution in [-0.4, -0.2) is 23.6 Å². The van der Waals surface area contributed by atoms with Gasteiger partial charge in [-0.15, -0.1) is 0 Å². The van der Waals surface area contributed by atoms with E-state index in [-0.39, 0.29) is 5.56 Å². The summed E-state index contributed by atoms with van der Waals surface area (Å²) in [6.45, 7) is 6.81. The molecule has 24 heavy (non-hydrogen) atoms. The topological polar surface area (TPSA) is 81.4 Å². The third kappa shape index (κ3) is 3.94. The fourth-order valence-corrected chi connectivity index (χ4v) is 2.74. The lowest BCUT2D eigenvalue weighted by Crippen LogP contribution is -2.22.